The van der Waals surface area contributed by atoms with Crippen molar-refractivity contribution < 1.29 is 14.6 Å². The second-order valence-electron chi connectivity index (χ2n) is 5.73. The maximum atomic E-state index is 11.3. The first-order valence-electron chi connectivity index (χ1n) is 6.28. The number of rotatable bonds is 5. The van der Waals surface area contributed by atoms with Gasteiger partial charge in [-0.15, -0.1) is 0 Å². The molecule has 3 nitrogen and oxygen atoms in total. The van der Waals surface area contributed by atoms with Crippen molar-refractivity contribution in [2.45, 2.75) is 44.1 Å². The SMILES string of the molecule is COC(C)(C)Cc1cccc(C2(C(=O)O)CC2)c1. The Kier molecular flexibility index (Phi) is 3.20. The summed E-state index contributed by atoms with van der Waals surface area (Å²) in [5, 5.41) is 9.30. The summed E-state index contributed by atoms with van der Waals surface area (Å²) < 4.78 is 5.41. The van der Waals surface area contributed by atoms with Gasteiger partial charge in [-0.25, -0.2) is 0 Å². The van der Waals surface area contributed by atoms with Crippen molar-refractivity contribution in [2.24, 2.45) is 0 Å². The van der Waals surface area contributed by atoms with Crippen molar-refractivity contribution in [3.8, 4) is 0 Å². The van der Waals surface area contributed by atoms with Gasteiger partial charge in [0, 0.05) is 13.5 Å². The summed E-state index contributed by atoms with van der Waals surface area (Å²) in [5.41, 5.74) is 1.22. The van der Waals surface area contributed by atoms with E-state index in [1.165, 1.54) is 0 Å². The number of benzene rings is 1. The molecule has 0 bridgehead atoms. The quantitative estimate of drug-likeness (QED) is 0.871. The van der Waals surface area contributed by atoms with Crippen LogP contribution in [0.25, 0.3) is 0 Å². The number of carboxylic acids is 1. The fourth-order valence-corrected chi connectivity index (χ4v) is 2.29. The molecule has 1 aromatic rings. The summed E-state index contributed by atoms with van der Waals surface area (Å²) >= 11 is 0. The molecule has 0 saturated heterocycles. The largest absolute Gasteiger partial charge is 0.481 e. The van der Waals surface area contributed by atoms with E-state index in [4.69, 9.17) is 4.74 Å². The Balaban J connectivity index is 2.24. The molecule has 0 radical (unpaired) electrons. The number of hydrogen-bond acceptors (Lipinski definition) is 2. The molecule has 0 unspecified atom stereocenters. The Hall–Kier alpha value is -1.35. The topological polar surface area (TPSA) is 46.5 Å². The first-order chi connectivity index (χ1) is 8.39. The highest BCUT2D eigenvalue weighted by molar-refractivity contribution is 5.84. The van der Waals surface area contributed by atoms with Gasteiger partial charge in [0.15, 0.2) is 0 Å². The zero-order valence-electron chi connectivity index (χ0n) is 11.2. The summed E-state index contributed by atoms with van der Waals surface area (Å²) in [6.07, 6.45) is 2.28. The van der Waals surface area contributed by atoms with Gasteiger partial charge in [0.05, 0.1) is 11.0 Å². The summed E-state index contributed by atoms with van der Waals surface area (Å²) in [5.74, 6) is -0.703. The molecule has 98 valence electrons. The zero-order chi connectivity index (χ0) is 13.4. The summed E-state index contributed by atoms with van der Waals surface area (Å²) in [4.78, 5) is 11.3. The molecule has 2 rings (SSSR count). The molecule has 0 aromatic heterocycles. The number of carboxylic acid groups (broad SMARTS) is 1. The highest BCUT2D eigenvalue weighted by atomic mass is 16.5. The molecule has 18 heavy (non-hydrogen) atoms. The Morgan fingerprint density at radius 3 is 2.61 bits per heavy atom. The number of methoxy groups -OCH3 is 1. The fourth-order valence-electron chi connectivity index (χ4n) is 2.29. The van der Waals surface area contributed by atoms with Gasteiger partial charge in [0.2, 0.25) is 0 Å². The molecule has 1 aliphatic rings. The van der Waals surface area contributed by atoms with E-state index in [0.29, 0.717) is 0 Å². The Morgan fingerprint density at radius 2 is 2.11 bits per heavy atom. The van der Waals surface area contributed by atoms with Crippen molar-refractivity contribution in [3.63, 3.8) is 0 Å². The van der Waals surface area contributed by atoms with E-state index in [1.54, 1.807) is 7.11 Å². The van der Waals surface area contributed by atoms with Crippen LogP contribution in [0.3, 0.4) is 0 Å². The summed E-state index contributed by atoms with van der Waals surface area (Å²) in [6.45, 7) is 4.06. The first kappa shape index (κ1) is 13.1. The lowest BCUT2D eigenvalue weighted by molar-refractivity contribution is -0.140. The molecule has 3 heteroatoms. The minimum atomic E-state index is -0.703. The van der Waals surface area contributed by atoms with Gasteiger partial charge in [-0.3, -0.25) is 4.79 Å². The van der Waals surface area contributed by atoms with Crippen molar-refractivity contribution in [1.82, 2.24) is 0 Å². The van der Waals surface area contributed by atoms with Crippen molar-refractivity contribution in [1.29, 1.82) is 0 Å². The standard InChI is InChI=1S/C15H20O3/c1-14(2,18-3)10-11-5-4-6-12(9-11)15(7-8-15)13(16)17/h4-6,9H,7-8,10H2,1-3H3,(H,16,17). The van der Waals surface area contributed by atoms with Gasteiger partial charge in [0.1, 0.15) is 0 Å². The maximum Gasteiger partial charge on any atom is 0.314 e. The van der Waals surface area contributed by atoms with Crippen LogP contribution >= 0.6 is 0 Å². The number of aliphatic carboxylic acids is 1. The lowest BCUT2D eigenvalue weighted by Gasteiger charge is -2.23. The van der Waals surface area contributed by atoms with E-state index >= 15 is 0 Å². The number of hydrogen-bond donors (Lipinski definition) is 1. The van der Waals surface area contributed by atoms with Gasteiger partial charge in [-0.1, -0.05) is 24.3 Å². The van der Waals surface area contributed by atoms with Crippen LogP contribution in [-0.4, -0.2) is 23.8 Å². The molecule has 1 aromatic carbocycles. The van der Waals surface area contributed by atoms with E-state index in [2.05, 4.69) is 0 Å². The normalized spacial score (nSPS) is 17.5. The molecule has 0 spiro atoms. The third-order valence-electron chi connectivity index (χ3n) is 3.82. The van der Waals surface area contributed by atoms with E-state index in [1.807, 2.05) is 38.1 Å². The minimum Gasteiger partial charge on any atom is -0.481 e. The van der Waals surface area contributed by atoms with Gasteiger partial charge in [-0.2, -0.15) is 0 Å². The molecule has 0 atom stereocenters. The third-order valence-corrected chi connectivity index (χ3v) is 3.82. The van der Waals surface area contributed by atoms with Gasteiger partial charge in [0.25, 0.3) is 0 Å². The van der Waals surface area contributed by atoms with E-state index in [9.17, 15) is 9.90 Å². The predicted molar refractivity (Wildman–Crippen MR) is 69.8 cm³/mol. The molecule has 1 fully saturated rings. The molecule has 1 N–H and O–H groups in total. The maximum absolute atomic E-state index is 11.3. The molecule has 0 aliphatic heterocycles. The number of ether oxygens (including phenoxy) is 1. The molecule has 0 amide bonds. The zero-order valence-corrected chi connectivity index (χ0v) is 11.2. The highest BCUT2D eigenvalue weighted by Gasteiger charge is 2.51. The smallest absolute Gasteiger partial charge is 0.314 e. The predicted octanol–water partition coefficient (Wildman–Crippen LogP) is 2.77. The van der Waals surface area contributed by atoms with Crippen LogP contribution in [0, 0.1) is 0 Å². The van der Waals surface area contributed by atoms with Crippen LogP contribution in [0.15, 0.2) is 24.3 Å². The van der Waals surface area contributed by atoms with Crippen molar-refractivity contribution in [3.05, 3.63) is 35.4 Å². The monoisotopic (exact) mass is 248 g/mol. The Labute approximate surface area is 108 Å². The number of carbonyl (C=O) groups is 1. The minimum absolute atomic E-state index is 0.224. The molecule has 0 heterocycles. The molecule has 1 saturated carbocycles. The molecular weight excluding hydrogens is 228 g/mol. The fraction of sp³-hybridized carbons (Fsp3) is 0.533. The third kappa shape index (κ3) is 2.41. The van der Waals surface area contributed by atoms with Crippen molar-refractivity contribution >= 4 is 5.97 Å². The van der Waals surface area contributed by atoms with E-state index < -0.39 is 11.4 Å². The van der Waals surface area contributed by atoms with Gasteiger partial charge >= 0.3 is 5.97 Å². The van der Waals surface area contributed by atoms with E-state index in [-0.39, 0.29) is 5.60 Å². The van der Waals surface area contributed by atoms with Crippen LogP contribution in [0.2, 0.25) is 0 Å². The average Bonchev–Trinajstić information content (AvgIpc) is 3.10. The second-order valence-corrected chi connectivity index (χ2v) is 5.73. The summed E-state index contributed by atoms with van der Waals surface area (Å²) in [6, 6.07) is 7.91. The van der Waals surface area contributed by atoms with E-state index in [0.717, 1.165) is 30.4 Å². The lowest BCUT2D eigenvalue weighted by Crippen LogP contribution is -2.26. The highest BCUT2D eigenvalue weighted by Crippen LogP contribution is 2.48. The lowest BCUT2D eigenvalue weighted by atomic mass is 9.91. The Morgan fingerprint density at radius 1 is 1.44 bits per heavy atom. The Bertz CT molecular complexity index is 459. The van der Waals surface area contributed by atoms with Crippen molar-refractivity contribution in [2.75, 3.05) is 7.11 Å². The molecule has 1 aliphatic carbocycles. The van der Waals surface area contributed by atoms with Gasteiger partial charge in [-0.05, 0) is 37.8 Å². The average molecular weight is 248 g/mol. The van der Waals surface area contributed by atoms with Crippen LogP contribution in [0.5, 0.6) is 0 Å². The van der Waals surface area contributed by atoms with Crippen LogP contribution < -0.4 is 0 Å². The van der Waals surface area contributed by atoms with Gasteiger partial charge < -0.3 is 9.84 Å². The van der Waals surface area contributed by atoms with Crippen LogP contribution in [0.4, 0.5) is 0 Å². The summed E-state index contributed by atoms with van der Waals surface area (Å²) in [7, 11) is 1.70. The first-order valence-corrected chi connectivity index (χ1v) is 6.28. The molecular formula is C15H20O3. The van der Waals surface area contributed by atoms with Crippen LogP contribution in [0.1, 0.15) is 37.8 Å². The van der Waals surface area contributed by atoms with Crippen LogP contribution in [-0.2, 0) is 21.4 Å². The second kappa shape index (κ2) is 4.39.